The second-order valence-electron chi connectivity index (χ2n) is 23.7. The summed E-state index contributed by atoms with van der Waals surface area (Å²) in [5, 5.41) is 2.22. The molecule has 8 aromatic carbocycles. The number of halogens is 20. The Hall–Kier alpha value is -10.0. The van der Waals surface area contributed by atoms with Crippen LogP contribution in [-0.4, -0.2) is 45.0 Å². The first-order chi connectivity index (χ1) is 44.9. The molecule has 4 aliphatic heterocycles. The van der Waals surface area contributed by atoms with Gasteiger partial charge >= 0.3 is 0 Å². The third-order valence-corrected chi connectivity index (χ3v) is 19.0. The van der Waals surface area contributed by atoms with Crippen LogP contribution in [0.15, 0.2) is 84.9 Å². The molecule has 0 spiro atoms. The zero-order chi connectivity index (χ0) is 66.0. The summed E-state index contributed by atoms with van der Waals surface area (Å²) in [6, 6.07) is 21.9. The summed E-state index contributed by atoms with van der Waals surface area (Å²) in [7, 11) is 1.41. The summed E-state index contributed by atoms with van der Waals surface area (Å²) >= 11 is 0. The molecule has 3 aliphatic carbocycles. The second kappa shape index (κ2) is 20.5. The first-order valence-corrected chi connectivity index (χ1v) is 28.5. The van der Waals surface area contributed by atoms with Crippen LogP contribution < -0.4 is 0 Å². The molecule has 10 bridgehead atoms. The lowest BCUT2D eigenvalue weighted by molar-refractivity contribution is 0.379. The highest BCUT2D eigenvalue weighted by atomic mass is 19.2. The molecule has 6 heterocycles. The van der Waals surface area contributed by atoms with Gasteiger partial charge in [-0.05, 0) is 75.1 Å². The molecular formula is C69H31F20N5. The van der Waals surface area contributed by atoms with Gasteiger partial charge in [-0.1, -0.05) is 72.8 Å². The van der Waals surface area contributed by atoms with E-state index in [0.717, 1.165) is 18.2 Å². The number of likely N-dealkylation sites (N-methyl/N-ethyl adjacent to an activating group) is 1. The Balaban J connectivity index is 1.21. The van der Waals surface area contributed by atoms with Crippen LogP contribution in [0.1, 0.15) is 91.9 Å². The zero-order valence-corrected chi connectivity index (χ0v) is 47.0. The number of likely N-dealkylation sites (tertiary alicyclic amines) is 1. The van der Waals surface area contributed by atoms with Crippen LogP contribution in [0.3, 0.4) is 0 Å². The maximum atomic E-state index is 17.7. The van der Waals surface area contributed by atoms with Crippen molar-refractivity contribution in [1.29, 1.82) is 0 Å². The number of fused-ring (bicyclic) bond motifs is 13. The van der Waals surface area contributed by atoms with Gasteiger partial charge in [-0.2, -0.15) is 0 Å². The number of nitrogens with zero attached hydrogens (tertiary/aromatic N) is 3. The molecule has 2 aromatic heterocycles. The van der Waals surface area contributed by atoms with E-state index in [9.17, 15) is 0 Å². The van der Waals surface area contributed by atoms with Crippen LogP contribution in [-0.2, 0) is 0 Å². The Morgan fingerprint density at radius 3 is 0.979 bits per heavy atom. The molecule has 4 unspecified atom stereocenters. The van der Waals surface area contributed by atoms with E-state index in [1.54, 1.807) is 72.8 Å². The first-order valence-electron chi connectivity index (χ1n) is 28.5. The highest BCUT2D eigenvalue weighted by Crippen LogP contribution is 2.69. The lowest BCUT2D eigenvalue weighted by atomic mass is 9.52. The molecule has 4 atom stereocenters. The molecule has 0 amide bonds. The molecule has 1 fully saturated rings. The molecule has 7 aliphatic rings. The minimum Gasteiger partial charge on any atom is -0.361 e. The van der Waals surface area contributed by atoms with Crippen molar-refractivity contribution in [3.05, 3.63) is 258 Å². The number of H-pyrrole nitrogens is 2. The molecule has 2 N–H and O–H groups in total. The van der Waals surface area contributed by atoms with Gasteiger partial charge < -0.3 is 14.9 Å². The van der Waals surface area contributed by atoms with Crippen LogP contribution in [0.5, 0.6) is 0 Å². The number of aromatic nitrogens is 4. The first kappa shape index (κ1) is 59.0. The van der Waals surface area contributed by atoms with E-state index in [1.165, 1.54) is 11.9 Å². The Kier molecular flexibility index (Phi) is 12.9. The normalized spacial score (nSPS) is 18.9. The molecule has 94 heavy (non-hydrogen) atoms. The van der Waals surface area contributed by atoms with Gasteiger partial charge in [0.2, 0.25) is 23.3 Å². The van der Waals surface area contributed by atoms with Crippen molar-refractivity contribution in [3.8, 4) is 44.5 Å². The Bertz CT molecular complexity index is 5240. The van der Waals surface area contributed by atoms with Crippen molar-refractivity contribution in [2.45, 2.75) is 35.5 Å². The largest absolute Gasteiger partial charge is 0.361 e. The summed E-state index contributed by atoms with van der Waals surface area (Å²) < 4.78 is 327. The number of rotatable bonds is 4. The number of hydrogen-bond acceptors (Lipinski definition) is 3. The van der Waals surface area contributed by atoms with Crippen LogP contribution in [0.25, 0.3) is 89.2 Å². The van der Waals surface area contributed by atoms with Gasteiger partial charge in [0, 0.05) is 93.3 Å². The molecule has 1 saturated heterocycles. The van der Waals surface area contributed by atoms with Crippen molar-refractivity contribution in [1.82, 2.24) is 24.8 Å². The van der Waals surface area contributed by atoms with Crippen LogP contribution in [0, 0.1) is 116 Å². The zero-order valence-electron chi connectivity index (χ0n) is 47.0. The molecule has 17 rings (SSSR count). The maximum Gasteiger partial charge on any atom is 0.200 e. The van der Waals surface area contributed by atoms with E-state index < -0.39 is 255 Å². The minimum atomic E-state index is -2.71. The molecular weight excluding hydrogens is 1280 g/mol. The third-order valence-electron chi connectivity index (χ3n) is 19.0. The molecule has 5 nitrogen and oxygen atoms in total. The number of benzene rings is 8. The van der Waals surface area contributed by atoms with E-state index >= 15 is 87.8 Å². The fourth-order valence-electron chi connectivity index (χ4n) is 15.2. The van der Waals surface area contributed by atoms with Crippen molar-refractivity contribution in [2.75, 3.05) is 20.1 Å². The fraction of sp³-hybridized carbons (Fsp3) is 0.130. The van der Waals surface area contributed by atoms with Gasteiger partial charge in [0.15, 0.2) is 93.1 Å². The molecule has 472 valence electrons. The maximum absolute atomic E-state index is 17.7. The summed E-state index contributed by atoms with van der Waals surface area (Å²) in [6.45, 7) is -0.804. The Morgan fingerprint density at radius 1 is 0.319 bits per heavy atom. The van der Waals surface area contributed by atoms with E-state index in [1.807, 2.05) is 0 Å². The quantitative estimate of drug-likeness (QED) is 0.105. The SMILES string of the molecule is CN1CC2c3nc(c(-c4c(F)c(F)c(F)c(F)c4F)c4ccc([nH]4)c(-c4c(F)c(F)c(F)c(F)c4F)c4nc(c(-c5c(F)c(F)c(F)c(F)c5F)c5[nH]c(c3-c3c(F)c(F)c(F)c(F)c3F)C3C6c7cc8ccccc8cc7C(c7cc8ccccc8cc76)C53)C=C4)C2C1. The lowest BCUT2D eigenvalue weighted by Crippen LogP contribution is -2.36. The Labute approximate surface area is 513 Å². The van der Waals surface area contributed by atoms with Crippen molar-refractivity contribution < 1.29 is 87.8 Å². The van der Waals surface area contributed by atoms with E-state index in [4.69, 9.17) is 4.98 Å². The fourth-order valence-corrected chi connectivity index (χ4v) is 15.2. The van der Waals surface area contributed by atoms with Gasteiger partial charge in [0.05, 0.1) is 45.0 Å². The van der Waals surface area contributed by atoms with Crippen molar-refractivity contribution >= 4 is 44.7 Å². The molecule has 0 saturated carbocycles. The van der Waals surface area contributed by atoms with Crippen LogP contribution in [0.2, 0.25) is 0 Å². The van der Waals surface area contributed by atoms with Crippen LogP contribution >= 0.6 is 0 Å². The third kappa shape index (κ3) is 7.83. The van der Waals surface area contributed by atoms with E-state index in [2.05, 4.69) is 15.0 Å². The summed E-state index contributed by atoms with van der Waals surface area (Å²) in [5.41, 5.74) is -17.0. The van der Waals surface area contributed by atoms with Gasteiger partial charge in [0.1, 0.15) is 0 Å². The highest BCUT2D eigenvalue weighted by Gasteiger charge is 2.57. The lowest BCUT2D eigenvalue weighted by Gasteiger charge is -2.49. The standard InChI is InChI=1S/C69H31F20N5/c1-94-18-28-29(19-94)67-45(44-52(76)60(84)65(89)61(85)53(44)77)69-40-35-26-16-22-8-4-2-6-20(22)14-24(26)34(25-15-21-7-3-5-9-23(21)17-27(25)35)39(40)68(93-69)38(43-50(74)58(82)64(88)59(83)51(43)75)33-13-11-31(91-33)36(41-46(70)54(78)62(86)55(79)47(41)71)30-10-12-32(90-30)37(66(28)92-67)42-48(72)56(80)63(87)57(81)49(42)73/h2-17,28-29,34-35,39-40,90,93H,18-19H2,1H3. The van der Waals surface area contributed by atoms with Gasteiger partial charge in [0.25, 0.3) is 0 Å². The molecule has 25 heteroatoms. The smallest absolute Gasteiger partial charge is 0.200 e. The topological polar surface area (TPSA) is 60.6 Å². The average molecular weight is 1310 g/mol. The van der Waals surface area contributed by atoms with E-state index in [-0.39, 0.29) is 0 Å². The number of nitrogens with one attached hydrogen (secondary N) is 2. The average Bonchev–Trinajstić information content (AvgIpc) is 1.38. The monoisotopic (exact) mass is 1310 g/mol. The van der Waals surface area contributed by atoms with E-state index in [0.29, 0.717) is 49.9 Å². The number of aromatic amines is 2. The van der Waals surface area contributed by atoms with Gasteiger partial charge in [-0.15, -0.1) is 0 Å². The molecule has 10 aromatic rings. The predicted octanol–water partition coefficient (Wildman–Crippen LogP) is 18.9. The summed E-state index contributed by atoms with van der Waals surface area (Å²) in [5.74, 6) is -61.1. The summed E-state index contributed by atoms with van der Waals surface area (Å²) in [4.78, 5) is 16.0. The Morgan fingerprint density at radius 2 is 0.606 bits per heavy atom. The van der Waals surface area contributed by atoms with Gasteiger partial charge in [-0.3, -0.25) is 4.98 Å². The van der Waals surface area contributed by atoms with Crippen LogP contribution in [0.4, 0.5) is 87.8 Å². The molecule has 0 radical (unpaired) electrons. The second-order valence-corrected chi connectivity index (χ2v) is 23.7. The number of hydrogen-bond donors (Lipinski definition) is 2. The predicted molar refractivity (Wildman–Crippen MR) is 302 cm³/mol. The van der Waals surface area contributed by atoms with Crippen molar-refractivity contribution in [3.63, 3.8) is 0 Å². The summed E-state index contributed by atoms with van der Waals surface area (Å²) in [6.07, 6.45) is 1.45. The van der Waals surface area contributed by atoms with Crippen molar-refractivity contribution in [2.24, 2.45) is 0 Å². The van der Waals surface area contributed by atoms with Gasteiger partial charge in [-0.25, -0.2) is 92.8 Å². The minimum absolute atomic E-state index is 0.391. The highest BCUT2D eigenvalue weighted by molar-refractivity contribution is 5.96.